The van der Waals surface area contributed by atoms with E-state index in [1.807, 2.05) is 11.7 Å². The molecule has 18 heavy (non-hydrogen) atoms. The molecule has 1 saturated heterocycles. The maximum Gasteiger partial charge on any atom is 0.0638 e. The van der Waals surface area contributed by atoms with Crippen LogP contribution in [-0.2, 0) is 13.6 Å². The molecule has 0 aliphatic carbocycles. The number of hydrogen-bond acceptors (Lipinski definition) is 3. The number of aryl methyl sites for hydroxylation is 2. The van der Waals surface area contributed by atoms with E-state index in [1.165, 1.54) is 24.1 Å². The molecule has 2 heterocycles. The van der Waals surface area contributed by atoms with Crippen LogP contribution in [0, 0.1) is 6.92 Å². The molecule has 0 spiro atoms. The number of hydrogen-bond donors (Lipinski definition) is 1. The Morgan fingerprint density at radius 1 is 1.39 bits per heavy atom. The Labute approximate surface area is 110 Å². The molecule has 1 N–H and O–H groups in total. The third kappa shape index (κ3) is 2.93. The van der Waals surface area contributed by atoms with E-state index < -0.39 is 0 Å². The van der Waals surface area contributed by atoms with Gasteiger partial charge in [0.25, 0.3) is 0 Å². The van der Waals surface area contributed by atoms with Crippen molar-refractivity contribution in [2.24, 2.45) is 7.05 Å². The van der Waals surface area contributed by atoms with Gasteiger partial charge in [0.1, 0.15) is 0 Å². The Balaban J connectivity index is 2.06. The summed E-state index contributed by atoms with van der Waals surface area (Å²) in [5, 5.41) is 8.08. The van der Waals surface area contributed by atoms with E-state index >= 15 is 0 Å². The summed E-state index contributed by atoms with van der Waals surface area (Å²) in [6.45, 7) is 9.96. The van der Waals surface area contributed by atoms with Crippen molar-refractivity contribution in [1.82, 2.24) is 20.0 Å². The lowest BCUT2D eigenvalue weighted by Gasteiger charge is -2.39. The van der Waals surface area contributed by atoms with Gasteiger partial charge in [-0.05, 0) is 19.8 Å². The van der Waals surface area contributed by atoms with Gasteiger partial charge in [-0.2, -0.15) is 5.10 Å². The second-order valence-corrected chi connectivity index (χ2v) is 5.42. The highest BCUT2D eigenvalue weighted by molar-refractivity contribution is 5.15. The lowest BCUT2D eigenvalue weighted by molar-refractivity contribution is 0.117. The van der Waals surface area contributed by atoms with Crippen LogP contribution in [0.1, 0.15) is 37.9 Å². The van der Waals surface area contributed by atoms with Crippen LogP contribution in [0.2, 0.25) is 0 Å². The molecule has 1 aliphatic heterocycles. The topological polar surface area (TPSA) is 33.1 Å². The van der Waals surface area contributed by atoms with Crippen LogP contribution >= 0.6 is 0 Å². The molecule has 2 atom stereocenters. The van der Waals surface area contributed by atoms with Gasteiger partial charge in [-0.1, -0.05) is 13.8 Å². The van der Waals surface area contributed by atoms with Crippen molar-refractivity contribution in [2.45, 2.75) is 52.2 Å². The van der Waals surface area contributed by atoms with E-state index in [1.54, 1.807) is 0 Å². The molecule has 0 amide bonds. The molecule has 0 bridgehead atoms. The number of nitrogens with one attached hydrogen (secondary N) is 1. The second-order valence-electron chi connectivity index (χ2n) is 5.42. The molecule has 4 nitrogen and oxygen atoms in total. The summed E-state index contributed by atoms with van der Waals surface area (Å²) in [7, 11) is 2.00. The van der Waals surface area contributed by atoms with Crippen molar-refractivity contribution in [2.75, 3.05) is 13.1 Å². The lowest BCUT2D eigenvalue weighted by Crippen LogP contribution is -2.55. The quantitative estimate of drug-likeness (QED) is 0.883. The third-order valence-corrected chi connectivity index (χ3v) is 4.07. The first-order valence-electron chi connectivity index (χ1n) is 7.10. The summed E-state index contributed by atoms with van der Waals surface area (Å²) < 4.78 is 1.92. The molecule has 1 aliphatic rings. The standard InChI is InChI=1S/C14H26N4/c1-5-13-10-18(14(6-2)7-15-13)9-12-8-17(4)16-11(12)3/h8,13-15H,5-7,9-10H2,1-4H3. The average molecular weight is 250 g/mol. The van der Waals surface area contributed by atoms with Crippen molar-refractivity contribution >= 4 is 0 Å². The molecule has 2 rings (SSSR count). The van der Waals surface area contributed by atoms with E-state index in [-0.39, 0.29) is 0 Å². The van der Waals surface area contributed by atoms with Crippen LogP contribution in [-0.4, -0.2) is 39.9 Å². The van der Waals surface area contributed by atoms with Gasteiger partial charge in [0.2, 0.25) is 0 Å². The van der Waals surface area contributed by atoms with Gasteiger partial charge in [0.15, 0.2) is 0 Å². The van der Waals surface area contributed by atoms with Crippen LogP contribution in [0.25, 0.3) is 0 Å². The normalized spacial score (nSPS) is 25.6. The maximum absolute atomic E-state index is 4.44. The van der Waals surface area contributed by atoms with Crippen LogP contribution in [0.4, 0.5) is 0 Å². The summed E-state index contributed by atoms with van der Waals surface area (Å²) in [4.78, 5) is 2.62. The number of rotatable bonds is 4. The van der Waals surface area contributed by atoms with Crippen molar-refractivity contribution in [3.8, 4) is 0 Å². The molecule has 0 aromatic carbocycles. The lowest BCUT2D eigenvalue weighted by atomic mass is 10.0. The highest BCUT2D eigenvalue weighted by Gasteiger charge is 2.26. The second kappa shape index (κ2) is 5.85. The van der Waals surface area contributed by atoms with Gasteiger partial charge >= 0.3 is 0 Å². The first-order chi connectivity index (χ1) is 8.63. The number of piperazine rings is 1. The van der Waals surface area contributed by atoms with E-state index in [0.29, 0.717) is 12.1 Å². The molecule has 102 valence electrons. The minimum atomic E-state index is 0.643. The van der Waals surface area contributed by atoms with Gasteiger partial charge in [0.05, 0.1) is 5.69 Å². The van der Waals surface area contributed by atoms with Gasteiger partial charge in [-0.25, -0.2) is 0 Å². The number of nitrogens with zero attached hydrogens (tertiary/aromatic N) is 3. The van der Waals surface area contributed by atoms with E-state index in [9.17, 15) is 0 Å². The van der Waals surface area contributed by atoms with Crippen molar-refractivity contribution < 1.29 is 0 Å². The van der Waals surface area contributed by atoms with E-state index in [0.717, 1.165) is 19.6 Å². The van der Waals surface area contributed by atoms with Crippen molar-refractivity contribution in [1.29, 1.82) is 0 Å². The van der Waals surface area contributed by atoms with Crippen molar-refractivity contribution in [3.05, 3.63) is 17.5 Å². The fraction of sp³-hybridized carbons (Fsp3) is 0.786. The predicted molar refractivity (Wildman–Crippen MR) is 74.5 cm³/mol. The smallest absolute Gasteiger partial charge is 0.0638 e. The summed E-state index contributed by atoms with van der Waals surface area (Å²) in [5.74, 6) is 0. The van der Waals surface area contributed by atoms with E-state index in [2.05, 4.69) is 42.3 Å². The first-order valence-corrected chi connectivity index (χ1v) is 7.10. The fourth-order valence-corrected chi connectivity index (χ4v) is 2.82. The zero-order chi connectivity index (χ0) is 13.1. The monoisotopic (exact) mass is 250 g/mol. The molecule has 1 fully saturated rings. The molecule has 0 saturated carbocycles. The molecule has 1 aromatic heterocycles. The Morgan fingerprint density at radius 2 is 2.17 bits per heavy atom. The Hall–Kier alpha value is -0.870. The fourth-order valence-electron chi connectivity index (χ4n) is 2.82. The van der Waals surface area contributed by atoms with Gasteiger partial charge < -0.3 is 5.32 Å². The Bertz CT molecular complexity index is 385. The minimum Gasteiger partial charge on any atom is -0.311 e. The highest BCUT2D eigenvalue weighted by Crippen LogP contribution is 2.17. The van der Waals surface area contributed by atoms with Crippen molar-refractivity contribution in [3.63, 3.8) is 0 Å². The van der Waals surface area contributed by atoms with Gasteiger partial charge in [0, 0.05) is 50.5 Å². The van der Waals surface area contributed by atoms with Crippen LogP contribution in [0.3, 0.4) is 0 Å². The molecular formula is C14H26N4. The Kier molecular flexibility index (Phi) is 4.40. The summed E-state index contributed by atoms with van der Waals surface area (Å²) in [6, 6.07) is 1.30. The Morgan fingerprint density at radius 3 is 2.72 bits per heavy atom. The van der Waals surface area contributed by atoms with Crippen LogP contribution in [0.5, 0.6) is 0 Å². The zero-order valence-electron chi connectivity index (χ0n) is 12.1. The molecule has 0 radical (unpaired) electrons. The first kappa shape index (κ1) is 13.6. The number of aromatic nitrogens is 2. The zero-order valence-corrected chi connectivity index (χ0v) is 12.1. The molecule has 4 heteroatoms. The van der Waals surface area contributed by atoms with Gasteiger partial charge in [-0.15, -0.1) is 0 Å². The molecular weight excluding hydrogens is 224 g/mol. The average Bonchev–Trinajstić information content (AvgIpc) is 2.67. The van der Waals surface area contributed by atoms with E-state index in [4.69, 9.17) is 0 Å². The third-order valence-electron chi connectivity index (χ3n) is 4.07. The molecule has 2 unspecified atom stereocenters. The SMILES string of the molecule is CCC1CN(Cc2cn(C)nc2C)C(CC)CN1. The summed E-state index contributed by atoms with van der Waals surface area (Å²) >= 11 is 0. The molecule has 1 aromatic rings. The highest BCUT2D eigenvalue weighted by atomic mass is 15.3. The van der Waals surface area contributed by atoms with Crippen LogP contribution in [0.15, 0.2) is 6.20 Å². The summed E-state index contributed by atoms with van der Waals surface area (Å²) in [5.41, 5.74) is 2.53. The van der Waals surface area contributed by atoms with Crippen LogP contribution < -0.4 is 5.32 Å². The summed E-state index contributed by atoms with van der Waals surface area (Å²) in [6.07, 6.45) is 4.58. The van der Waals surface area contributed by atoms with Gasteiger partial charge in [-0.3, -0.25) is 9.58 Å². The maximum atomic E-state index is 4.44. The largest absolute Gasteiger partial charge is 0.311 e. The predicted octanol–water partition coefficient (Wildman–Crippen LogP) is 1.69. The minimum absolute atomic E-state index is 0.643.